The number of ether oxygens (including phenoxy) is 1. The molecule has 1 saturated carbocycles. The minimum Gasteiger partial charge on any atom is -0.444 e. The monoisotopic (exact) mass is 322 g/mol. The number of aromatic amines is 1. The molecule has 1 aliphatic carbocycles. The van der Waals surface area contributed by atoms with Crippen molar-refractivity contribution in [3.8, 4) is 0 Å². The van der Waals surface area contributed by atoms with Gasteiger partial charge >= 0.3 is 6.09 Å². The lowest BCUT2D eigenvalue weighted by molar-refractivity contribution is -0.116. The molecular formula is C16H26N4O3. The maximum atomic E-state index is 11.9. The summed E-state index contributed by atoms with van der Waals surface area (Å²) in [5.41, 5.74) is 0.544. The van der Waals surface area contributed by atoms with Gasteiger partial charge in [0.15, 0.2) is 5.82 Å². The second-order valence-electron chi connectivity index (χ2n) is 6.92. The predicted molar refractivity (Wildman–Crippen MR) is 87.3 cm³/mol. The fourth-order valence-electron chi connectivity index (χ4n) is 2.64. The van der Waals surface area contributed by atoms with Crippen molar-refractivity contribution in [3.63, 3.8) is 0 Å². The van der Waals surface area contributed by atoms with Gasteiger partial charge < -0.3 is 15.4 Å². The molecule has 0 aromatic carbocycles. The van der Waals surface area contributed by atoms with Gasteiger partial charge in [-0.3, -0.25) is 9.89 Å². The van der Waals surface area contributed by atoms with Crippen LogP contribution in [0.1, 0.15) is 64.5 Å². The molecule has 128 valence electrons. The smallest absolute Gasteiger partial charge is 0.407 e. The zero-order valence-corrected chi connectivity index (χ0v) is 14.1. The first kappa shape index (κ1) is 17.3. The van der Waals surface area contributed by atoms with E-state index in [0.717, 1.165) is 5.69 Å². The van der Waals surface area contributed by atoms with E-state index in [4.69, 9.17) is 4.74 Å². The fraction of sp³-hybridized carbons (Fsp3) is 0.688. The number of H-pyrrole nitrogens is 1. The van der Waals surface area contributed by atoms with Crippen LogP contribution < -0.4 is 10.6 Å². The molecule has 2 amide bonds. The minimum absolute atomic E-state index is 0.171. The third kappa shape index (κ3) is 5.92. The molecule has 0 saturated heterocycles. The van der Waals surface area contributed by atoms with Crippen molar-refractivity contribution in [2.24, 2.45) is 0 Å². The zero-order chi connectivity index (χ0) is 16.9. The van der Waals surface area contributed by atoms with Gasteiger partial charge in [0.2, 0.25) is 5.91 Å². The summed E-state index contributed by atoms with van der Waals surface area (Å²) in [4.78, 5) is 23.3. The van der Waals surface area contributed by atoms with E-state index in [-0.39, 0.29) is 18.9 Å². The molecule has 1 aromatic rings. The molecule has 1 aromatic heterocycles. The van der Waals surface area contributed by atoms with Crippen LogP contribution in [0.15, 0.2) is 6.07 Å². The Morgan fingerprint density at radius 2 is 2.04 bits per heavy atom. The van der Waals surface area contributed by atoms with Gasteiger partial charge in [0.25, 0.3) is 0 Å². The number of nitrogens with one attached hydrogen (secondary N) is 3. The lowest BCUT2D eigenvalue weighted by Crippen LogP contribution is -2.34. The van der Waals surface area contributed by atoms with Gasteiger partial charge in [0, 0.05) is 30.6 Å². The van der Waals surface area contributed by atoms with Gasteiger partial charge in [-0.15, -0.1) is 0 Å². The minimum atomic E-state index is -0.544. The highest BCUT2D eigenvalue weighted by molar-refractivity contribution is 5.90. The van der Waals surface area contributed by atoms with E-state index in [2.05, 4.69) is 20.8 Å². The molecular weight excluding hydrogens is 296 g/mol. The molecule has 0 unspecified atom stereocenters. The van der Waals surface area contributed by atoms with E-state index in [1.807, 2.05) is 6.07 Å². The maximum Gasteiger partial charge on any atom is 0.407 e. The average Bonchev–Trinajstić information content (AvgIpc) is 3.06. The summed E-state index contributed by atoms with van der Waals surface area (Å²) in [6, 6.07) is 1.90. The van der Waals surface area contributed by atoms with E-state index in [9.17, 15) is 9.59 Å². The Kier molecular flexibility index (Phi) is 5.63. The topological polar surface area (TPSA) is 96.1 Å². The molecule has 1 heterocycles. The van der Waals surface area contributed by atoms with Crippen LogP contribution in [0.5, 0.6) is 0 Å². The first-order valence-corrected chi connectivity index (χ1v) is 8.15. The summed E-state index contributed by atoms with van der Waals surface area (Å²) < 4.78 is 5.10. The normalized spacial score (nSPS) is 15.4. The number of carbonyl (C=O) groups excluding carboxylic acids is 2. The van der Waals surface area contributed by atoms with Crippen molar-refractivity contribution in [1.29, 1.82) is 0 Å². The lowest BCUT2D eigenvalue weighted by atomic mass is 10.0. The van der Waals surface area contributed by atoms with Gasteiger partial charge in [0.1, 0.15) is 5.60 Å². The number of alkyl carbamates (subject to hydrolysis) is 1. The van der Waals surface area contributed by atoms with Gasteiger partial charge in [-0.2, -0.15) is 5.10 Å². The fourth-order valence-corrected chi connectivity index (χ4v) is 2.64. The van der Waals surface area contributed by atoms with Crippen LogP contribution in [0.25, 0.3) is 0 Å². The number of hydrogen-bond donors (Lipinski definition) is 3. The molecule has 0 bridgehead atoms. The van der Waals surface area contributed by atoms with E-state index >= 15 is 0 Å². The first-order chi connectivity index (χ1) is 10.8. The number of rotatable bonds is 5. The Morgan fingerprint density at radius 1 is 1.35 bits per heavy atom. The molecule has 1 fully saturated rings. The van der Waals surface area contributed by atoms with Gasteiger partial charge in [0.05, 0.1) is 0 Å². The highest BCUT2D eigenvalue weighted by Crippen LogP contribution is 2.33. The number of anilines is 1. The number of hydrogen-bond acceptors (Lipinski definition) is 4. The summed E-state index contributed by atoms with van der Waals surface area (Å²) in [5, 5.41) is 12.4. The quantitative estimate of drug-likeness (QED) is 0.776. The summed E-state index contributed by atoms with van der Waals surface area (Å²) in [5.74, 6) is 0.877. The van der Waals surface area contributed by atoms with Crippen LogP contribution in [0.3, 0.4) is 0 Å². The first-order valence-electron chi connectivity index (χ1n) is 8.15. The molecule has 0 radical (unpaired) electrons. The van der Waals surface area contributed by atoms with Crippen LogP contribution in [-0.4, -0.2) is 34.3 Å². The number of amides is 2. The summed E-state index contributed by atoms with van der Waals surface area (Å²) in [6.07, 6.45) is 4.51. The molecule has 7 heteroatoms. The second kappa shape index (κ2) is 7.48. The van der Waals surface area contributed by atoms with Crippen LogP contribution in [0.4, 0.5) is 10.6 Å². The third-order valence-corrected chi connectivity index (χ3v) is 3.68. The van der Waals surface area contributed by atoms with E-state index < -0.39 is 11.7 Å². The Morgan fingerprint density at radius 3 is 2.70 bits per heavy atom. The van der Waals surface area contributed by atoms with E-state index in [1.165, 1.54) is 25.7 Å². The van der Waals surface area contributed by atoms with Gasteiger partial charge in [-0.25, -0.2) is 4.79 Å². The van der Waals surface area contributed by atoms with Crippen LogP contribution in [0.2, 0.25) is 0 Å². The van der Waals surface area contributed by atoms with Crippen molar-refractivity contribution >= 4 is 17.8 Å². The Bertz CT molecular complexity index is 542. The molecule has 0 spiro atoms. The second-order valence-corrected chi connectivity index (χ2v) is 6.92. The van der Waals surface area contributed by atoms with Crippen molar-refractivity contribution < 1.29 is 14.3 Å². The summed E-state index contributed by atoms with van der Waals surface area (Å²) >= 11 is 0. The summed E-state index contributed by atoms with van der Waals surface area (Å²) in [6.45, 7) is 5.59. The number of nitrogens with zero attached hydrogens (tertiary/aromatic N) is 1. The zero-order valence-electron chi connectivity index (χ0n) is 14.1. The predicted octanol–water partition coefficient (Wildman–Crippen LogP) is 2.92. The van der Waals surface area contributed by atoms with Crippen LogP contribution >= 0.6 is 0 Å². The van der Waals surface area contributed by atoms with Crippen LogP contribution in [-0.2, 0) is 9.53 Å². The Balaban J connectivity index is 1.69. The van der Waals surface area contributed by atoms with Crippen LogP contribution in [0, 0.1) is 0 Å². The molecule has 1 aliphatic rings. The third-order valence-electron chi connectivity index (χ3n) is 3.68. The highest BCUT2D eigenvalue weighted by atomic mass is 16.6. The molecule has 2 rings (SSSR count). The molecule has 0 aliphatic heterocycles. The van der Waals surface area contributed by atoms with E-state index in [1.54, 1.807) is 20.8 Å². The number of carbonyl (C=O) groups is 2. The SMILES string of the molecule is CC(C)(C)OC(=O)NCCC(=O)Nc1cc(C2CCCC2)[nH]n1. The highest BCUT2D eigenvalue weighted by Gasteiger charge is 2.19. The standard InChI is InChI=1S/C16H26N4O3/c1-16(2,3)23-15(22)17-9-8-14(21)18-13-10-12(19-20-13)11-6-4-5-7-11/h10-11H,4-9H2,1-3H3,(H,17,22)(H2,18,19,20,21). The Labute approximate surface area is 136 Å². The average molecular weight is 322 g/mol. The number of aromatic nitrogens is 2. The van der Waals surface area contributed by atoms with E-state index in [0.29, 0.717) is 11.7 Å². The van der Waals surface area contributed by atoms with Crippen molar-refractivity contribution in [1.82, 2.24) is 15.5 Å². The van der Waals surface area contributed by atoms with Crippen molar-refractivity contribution in [2.75, 3.05) is 11.9 Å². The molecule has 7 nitrogen and oxygen atoms in total. The largest absolute Gasteiger partial charge is 0.444 e. The molecule has 0 atom stereocenters. The lowest BCUT2D eigenvalue weighted by Gasteiger charge is -2.19. The maximum absolute atomic E-state index is 11.9. The molecule has 3 N–H and O–H groups in total. The molecule has 23 heavy (non-hydrogen) atoms. The van der Waals surface area contributed by atoms with Gasteiger partial charge in [-0.1, -0.05) is 12.8 Å². The van der Waals surface area contributed by atoms with Crippen molar-refractivity contribution in [3.05, 3.63) is 11.8 Å². The Hall–Kier alpha value is -2.05. The summed E-state index contributed by atoms with van der Waals surface area (Å²) in [7, 11) is 0. The van der Waals surface area contributed by atoms with Crippen molar-refractivity contribution in [2.45, 2.75) is 64.4 Å². The van der Waals surface area contributed by atoms with Gasteiger partial charge in [-0.05, 0) is 33.6 Å².